The third-order valence-corrected chi connectivity index (χ3v) is 6.29. The second-order valence-electron chi connectivity index (χ2n) is 7.19. The molecule has 2 aromatic heterocycles. The zero-order chi connectivity index (χ0) is 19.3. The number of imidazole rings is 1. The fourth-order valence-electron chi connectivity index (χ4n) is 3.68. The highest BCUT2D eigenvalue weighted by molar-refractivity contribution is 8.00. The van der Waals surface area contributed by atoms with E-state index in [1.165, 1.54) is 35.6 Å². The number of hydrogen-bond acceptors (Lipinski definition) is 4. The van der Waals surface area contributed by atoms with E-state index >= 15 is 0 Å². The van der Waals surface area contributed by atoms with Gasteiger partial charge in [-0.3, -0.25) is 14.3 Å². The van der Waals surface area contributed by atoms with Crippen molar-refractivity contribution >= 4 is 39.5 Å². The Bertz CT molecular complexity index is 1210. The lowest BCUT2D eigenvalue weighted by atomic mass is 9.99. The van der Waals surface area contributed by atoms with Gasteiger partial charge in [0.25, 0.3) is 0 Å². The zero-order valence-electron chi connectivity index (χ0n) is 15.4. The maximum atomic E-state index is 11.4. The fourth-order valence-corrected chi connectivity index (χ4v) is 4.55. The molecule has 0 aliphatic heterocycles. The summed E-state index contributed by atoms with van der Waals surface area (Å²) in [6, 6.07) is 14.7. The van der Waals surface area contributed by atoms with E-state index in [0.29, 0.717) is 11.1 Å². The molecule has 5 rings (SSSR count). The van der Waals surface area contributed by atoms with Crippen LogP contribution in [0.4, 0.5) is 0 Å². The molecule has 1 atom stereocenters. The topological polar surface area (TPSA) is 68.0 Å². The zero-order valence-corrected chi connectivity index (χ0v) is 16.2. The van der Waals surface area contributed by atoms with E-state index < -0.39 is 11.2 Å². The molecule has 140 valence electrons. The van der Waals surface area contributed by atoms with Crippen LogP contribution < -0.4 is 0 Å². The van der Waals surface area contributed by atoms with Crippen molar-refractivity contribution in [2.75, 3.05) is 0 Å². The number of pyridine rings is 1. The molecule has 0 unspecified atom stereocenters. The van der Waals surface area contributed by atoms with E-state index in [2.05, 4.69) is 50.9 Å². The van der Waals surface area contributed by atoms with Crippen LogP contribution in [0.2, 0.25) is 0 Å². The summed E-state index contributed by atoms with van der Waals surface area (Å²) in [5, 5.41) is 11.9. The maximum absolute atomic E-state index is 11.4. The minimum absolute atomic E-state index is 0.597. The van der Waals surface area contributed by atoms with Crippen LogP contribution >= 0.6 is 11.8 Å². The van der Waals surface area contributed by atoms with Gasteiger partial charge in [-0.2, -0.15) is 0 Å². The smallest absolute Gasteiger partial charge is 0.316 e. The van der Waals surface area contributed by atoms with Crippen molar-refractivity contribution in [2.45, 2.75) is 36.1 Å². The molecular formula is C22H19N3O2S. The number of hydrogen-bond donors (Lipinski definition) is 1. The van der Waals surface area contributed by atoms with Gasteiger partial charge in [0.05, 0.1) is 17.4 Å². The summed E-state index contributed by atoms with van der Waals surface area (Å²) in [7, 11) is 0. The highest BCUT2D eigenvalue weighted by atomic mass is 32.2. The Morgan fingerprint density at radius 1 is 1.18 bits per heavy atom. The van der Waals surface area contributed by atoms with Crippen molar-refractivity contribution in [3.63, 3.8) is 0 Å². The number of benzene rings is 2. The van der Waals surface area contributed by atoms with Gasteiger partial charge in [0.15, 0.2) is 5.16 Å². The first-order chi connectivity index (χ1) is 13.6. The number of nitrogens with zero attached hydrogens (tertiary/aromatic N) is 3. The number of carboxylic acid groups (broad SMARTS) is 1. The van der Waals surface area contributed by atoms with Gasteiger partial charge < -0.3 is 5.11 Å². The van der Waals surface area contributed by atoms with E-state index in [1.807, 2.05) is 6.07 Å². The highest BCUT2D eigenvalue weighted by Crippen LogP contribution is 2.44. The van der Waals surface area contributed by atoms with Gasteiger partial charge in [0, 0.05) is 11.6 Å². The Kier molecular flexibility index (Phi) is 4.09. The Morgan fingerprint density at radius 3 is 2.71 bits per heavy atom. The lowest BCUT2D eigenvalue weighted by molar-refractivity contribution is -0.136. The second-order valence-corrected chi connectivity index (χ2v) is 8.49. The molecular weight excluding hydrogens is 370 g/mol. The quantitative estimate of drug-likeness (QED) is 0.486. The maximum Gasteiger partial charge on any atom is 0.316 e. The summed E-state index contributed by atoms with van der Waals surface area (Å²) in [5.74, 6) is -0.195. The van der Waals surface area contributed by atoms with E-state index in [9.17, 15) is 9.90 Å². The van der Waals surface area contributed by atoms with Crippen LogP contribution in [0, 0.1) is 0 Å². The number of thioether (sulfide) groups is 1. The van der Waals surface area contributed by atoms with Crippen LogP contribution in [0.1, 0.15) is 31.2 Å². The molecule has 0 radical (unpaired) electrons. The average Bonchev–Trinajstić information content (AvgIpc) is 3.48. The number of aromatic nitrogens is 3. The van der Waals surface area contributed by atoms with E-state index in [1.54, 1.807) is 19.3 Å². The highest BCUT2D eigenvalue weighted by Gasteiger charge is 2.27. The lowest BCUT2D eigenvalue weighted by Gasteiger charge is -2.15. The summed E-state index contributed by atoms with van der Waals surface area (Å²) >= 11 is 1.25. The molecule has 1 fully saturated rings. The fraction of sp³-hybridized carbons (Fsp3) is 0.227. The first-order valence-electron chi connectivity index (χ1n) is 9.37. The van der Waals surface area contributed by atoms with Gasteiger partial charge in [-0.15, -0.1) is 0 Å². The summed E-state index contributed by atoms with van der Waals surface area (Å²) in [5.41, 5.74) is 4.12. The van der Waals surface area contributed by atoms with Crippen LogP contribution in [0.5, 0.6) is 0 Å². The van der Waals surface area contributed by atoms with Crippen molar-refractivity contribution in [3.8, 4) is 5.69 Å². The van der Waals surface area contributed by atoms with Gasteiger partial charge in [-0.25, -0.2) is 4.98 Å². The molecule has 2 aromatic carbocycles. The second kappa shape index (κ2) is 6.63. The van der Waals surface area contributed by atoms with Crippen LogP contribution in [-0.4, -0.2) is 30.9 Å². The van der Waals surface area contributed by atoms with E-state index in [-0.39, 0.29) is 0 Å². The number of rotatable bonds is 5. The predicted molar refractivity (Wildman–Crippen MR) is 111 cm³/mol. The van der Waals surface area contributed by atoms with Crippen molar-refractivity contribution < 1.29 is 9.90 Å². The summed E-state index contributed by atoms with van der Waals surface area (Å²) in [6.45, 7) is 1.68. The van der Waals surface area contributed by atoms with Crippen LogP contribution in [0.25, 0.3) is 27.5 Å². The minimum Gasteiger partial charge on any atom is -0.480 e. The van der Waals surface area contributed by atoms with Crippen LogP contribution in [0.3, 0.4) is 0 Å². The van der Waals surface area contributed by atoms with Crippen molar-refractivity contribution in [2.24, 2.45) is 0 Å². The first kappa shape index (κ1) is 17.3. The summed E-state index contributed by atoms with van der Waals surface area (Å²) in [6.07, 6.45) is 5.97. The Labute approximate surface area is 166 Å². The molecule has 1 aliphatic carbocycles. The first-order valence-corrected chi connectivity index (χ1v) is 10.3. The molecule has 28 heavy (non-hydrogen) atoms. The van der Waals surface area contributed by atoms with Crippen LogP contribution in [0.15, 0.2) is 60.0 Å². The molecule has 1 saturated carbocycles. The van der Waals surface area contributed by atoms with Crippen molar-refractivity contribution in [3.05, 3.63) is 60.4 Å². The van der Waals surface area contributed by atoms with Gasteiger partial charge >= 0.3 is 5.97 Å². The average molecular weight is 389 g/mol. The Balaban J connectivity index is 1.77. The summed E-state index contributed by atoms with van der Waals surface area (Å²) < 4.78 is 2.07. The number of aliphatic carboxylic acids is 1. The molecule has 2 heterocycles. The molecule has 5 nitrogen and oxygen atoms in total. The van der Waals surface area contributed by atoms with E-state index in [4.69, 9.17) is 0 Å². The standard InChI is InChI=1S/C22H19N3O2S/c1-13(21(26)27)28-22-24-18-12-23-11-10-20(18)25(22)19-9-8-15(14-6-7-14)16-4-2-3-5-17(16)19/h2-5,8-14H,6-7H2,1H3,(H,26,27)/t13-/m0/s1. The number of fused-ring (bicyclic) bond motifs is 2. The normalized spacial score (nSPS) is 15.2. The Morgan fingerprint density at radius 2 is 1.96 bits per heavy atom. The van der Waals surface area contributed by atoms with Gasteiger partial charge in [-0.05, 0) is 48.8 Å². The van der Waals surface area contributed by atoms with Gasteiger partial charge in [-0.1, -0.05) is 42.1 Å². The molecule has 1 N–H and O–H groups in total. The molecule has 4 aromatic rings. The predicted octanol–water partition coefficient (Wildman–Crippen LogP) is 5.02. The largest absolute Gasteiger partial charge is 0.480 e. The molecule has 0 saturated heterocycles. The third-order valence-electron chi connectivity index (χ3n) is 5.25. The monoisotopic (exact) mass is 389 g/mol. The molecule has 6 heteroatoms. The Hall–Kier alpha value is -2.86. The number of carbonyl (C=O) groups is 1. The van der Waals surface area contributed by atoms with Crippen LogP contribution in [-0.2, 0) is 4.79 Å². The molecule has 1 aliphatic rings. The van der Waals surface area contributed by atoms with E-state index in [0.717, 1.165) is 22.1 Å². The lowest BCUT2D eigenvalue weighted by Crippen LogP contribution is -2.12. The molecule has 0 spiro atoms. The molecule has 0 amide bonds. The minimum atomic E-state index is -0.851. The number of carboxylic acids is 1. The van der Waals surface area contributed by atoms with Gasteiger partial charge in [0.1, 0.15) is 10.8 Å². The summed E-state index contributed by atoms with van der Waals surface area (Å²) in [4.78, 5) is 20.3. The third kappa shape index (κ3) is 2.85. The van der Waals surface area contributed by atoms with Crippen molar-refractivity contribution in [1.82, 2.24) is 14.5 Å². The molecule has 0 bridgehead atoms. The van der Waals surface area contributed by atoms with Gasteiger partial charge in [0.2, 0.25) is 0 Å². The van der Waals surface area contributed by atoms with Crippen molar-refractivity contribution in [1.29, 1.82) is 0 Å². The SMILES string of the molecule is C[C@H](Sc1nc2cnccc2n1-c1ccc(C2CC2)c2ccccc12)C(=O)O.